The highest BCUT2D eigenvalue weighted by atomic mass is 16.3. The number of phenols is 1. The van der Waals surface area contributed by atoms with Crippen molar-refractivity contribution in [2.45, 2.75) is 59.4 Å². The highest BCUT2D eigenvalue weighted by Gasteiger charge is 2.31. The van der Waals surface area contributed by atoms with Gasteiger partial charge < -0.3 is 10.4 Å². The lowest BCUT2D eigenvalue weighted by Gasteiger charge is -2.28. The Labute approximate surface area is 117 Å². The fraction of sp³-hybridized carbons (Fsp3) is 0.647. The standard InChI is InChI=1S/C17H27NO/c1-4-17(7-5-6-8-17)12-18-11-15-9-13(2)16(19)14(3)10-15/h9-10,18-19H,4-8,11-12H2,1-3H3. The topological polar surface area (TPSA) is 32.3 Å². The van der Waals surface area contributed by atoms with Crippen molar-refractivity contribution in [2.24, 2.45) is 5.41 Å². The van der Waals surface area contributed by atoms with Crippen LogP contribution in [-0.2, 0) is 6.54 Å². The molecule has 1 aliphatic carbocycles. The van der Waals surface area contributed by atoms with Crippen LogP contribution >= 0.6 is 0 Å². The Morgan fingerprint density at radius 1 is 1.16 bits per heavy atom. The van der Waals surface area contributed by atoms with Crippen molar-refractivity contribution in [2.75, 3.05) is 6.54 Å². The molecule has 2 nitrogen and oxygen atoms in total. The lowest BCUT2D eigenvalue weighted by atomic mass is 9.83. The van der Waals surface area contributed by atoms with Crippen molar-refractivity contribution in [1.82, 2.24) is 5.32 Å². The van der Waals surface area contributed by atoms with Crippen LogP contribution in [0.5, 0.6) is 5.75 Å². The van der Waals surface area contributed by atoms with Gasteiger partial charge >= 0.3 is 0 Å². The molecule has 2 rings (SSSR count). The quantitative estimate of drug-likeness (QED) is 0.837. The summed E-state index contributed by atoms with van der Waals surface area (Å²) in [4.78, 5) is 0. The van der Waals surface area contributed by atoms with E-state index in [4.69, 9.17) is 0 Å². The van der Waals surface area contributed by atoms with Gasteiger partial charge in [0.15, 0.2) is 0 Å². The van der Waals surface area contributed by atoms with E-state index in [2.05, 4.69) is 24.4 Å². The van der Waals surface area contributed by atoms with Crippen LogP contribution in [-0.4, -0.2) is 11.7 Å². The summed E-state index contributed by atoms with van der Waals surface area (Å²) in [6.45, 7) is 8.29. The van der Waals surface area contributed by atoms with E-state index < -0.39 is 0 Å². The smallest absolute Gasteiger partial charge is 0.121 e. The first-order valence-electron chi connectivity index (χ1n) is 7.56. The Hall–Kier alpha value is -1.02. The lowest BCUT2D eigenvalue weighted by Crippen LogP contribution is -2.31. The fourth-order valence-corrected chi connectivity index (χ4v) is 3.40. The molecule has 0 spiro atoms. The van der Waals surface area contributed by atoms with Crippen LogP contribution in [0.4, 0.5) is 0 Å². The fourth-order valence-electron chi connectivity index (χ4n) is 3.40. The first kappa shape index (κ1) is 14.4. The van der Waals surface area contributed by atoms with Gasteiger partial charge in [0.2, 0.25) is 0 Å². The van der Waals surface area contributed by atoms with E-state index in [9.17, 15) is 5.11 Å². The second-order valence-electron chi connectivity index (χ2n) is 6.24. The van der Waals surface area contributed by atoms with Gasteiger partial charge in [0.25, 0.3) is 0 Å². The summed E-state index contributed by atoms with van der Waals surface area (Å²) in [6.07, 6.45) is 6.84. The monoisotopic (exact) mass is 261 g/mol. The molecule has 0 saturated heterocycles. The highest BCUT2D eigenvalue weighted by molar-refractivity contribution is 5.42. The molecule has 2 N–H and O–H groups in total. The molecule has 1 saturated carbocycles. The molecule has 0 unspecified atom stereocenters. The van der Waals surface area contributed by atoms with E-state index >= 15 is 0 Å². The zero-order valence-electron chi connectivity index (χ0n) is 12.6. The van der Waals surface area contributed by atoms with Gasteiger partial charge in [0.05, 0.1) is 0 Å². The maximum absolute atomic E-state index is 9.79. The van der Waals surface area contributed by atoms with Gasteiger partial charge in [0.1, 0.15) is 5.75 Å². The zero-order valence-corrected chi connectivity index (χ0v) is 12.6. The third-order valence-corrected chi connectivity index (χ3v) is 4.79. The van der Waals surface area contributed by atoms with Crippen molar-refractivity contribution >= 4 is 0 Å². The summed E-state index contributed by atoms with van der Waals surface area (Å²) < 4.78 is 0. The van der Waals surface area contributed by atoms with Crippen LogP contribution in [0.25, 0.3) is 0 Å². The summed E-state index contributed by atoms with van der Waals surface area (Å²) in [5.74, 6) is 0.435. The zero-order chi connectivity index (χ0) is 13.9. The van der Waals surface area contributed by atoms with E-state index in [1.54, 1.807) is 0 Å². The van der Waals surface area contributed by atoms with Gasteiger partial charge in [-0.25, -0.2) is 0 Å². The normalized spacial score (nSPS) is 17.8. The van der Waals surface area contributed by atoms with Crippen LogP contribution in [0.1, 0.15) is 55.7 Å². The largest absolute Gasteiger partial charge is 0.507 e. The average molecular weight is 261 g/mol. The molecule has 0 atom stereocenters. The molecule has 106 valence electrons. The summed E-state index contributed by atoms with van der Waals surface area (Å²) >= 11 is 0. The molecule has 0 bridgehead atoms. The highest BCUT2D eigenvalue weighted by Crippen LogP contribution is 2.40. The summed E-state index contributed by atoms with van der Waals surface area (Å²) in [5, 5.41) is 13.4. The maximum atomic E-state index is 9.79. The number of aromatic hydroxyl groups is 1. The second kappa shape index (κ2) is 5.96. The molecule has 2 heteroatoms. The summed E-state index contributed by atoms with van der Waals surface area (Å²) in [7, 11) is 0. The molecule has 19 heavy (non-hydrogen) atoms. The van der Waals surface area contributed by atoms with Crippen molar-refractivity contribution < 1.29 is 5.11 Å². The van der Waals surface area contributed by atoms with Crippen LogP contribution in [0.3, 0.4) is 0 Å². The van der Waals surface area contributed by atoms with Gasteiger partial charge in [-0.1, -0.05) is 31.9 Å². The van der Waals surface area contributed by atoms with E-state index in [1.165, 1.54) is 37.7 Å². The molecular formula is C17H27NO. The van der Waals surface area contributed by atoms with Crippen LogP contribution in [0, 0.1) is 19.3 Å². The summed E-state index contributed by atoms with van der Waals surface area (Å²) in [5.41, 5.74) is 3.77. The van der Waals surface area contributed by atoms with Gasteiger partial charge in [-0.05, 0) is 55.2 Å². The number of hydrogen-bond donors (Lipinski definition) is 2. The minimum Gasteiger partial charge on any atom is -0.507 e. The van der Waals surface area contributed by atoms with Gasteiger partial charge in [-0.3, -0.25) is 0 Å². The average Bonchev–Trinajstić information content (AvgIpc) is 2.85. The Balaban J connectivity index is 1.92. The molecule has 0 heterocycles. The van der Waals surface area contributed by atoms with Crippen LogP contribution in [0.15, 0.2) is 12.1 Å². The maximum Gasteiger partial charge on any atom is 0.121 e. The Kier molecular flexibility index (Phi) is 4.51. The molecular weight excluding hydrogens is 234 g/mol. The van der Waals surface area contributed by atoms with E-state index in [0.29, 0.717) is 11.2 Å². The number of phenolic OH excluding ortho intramolecular Hbond substituents is 1. The third-order valence-electron chi connectivity index (χ3n) is 4.79. The Bertz CT molecular complexity index is 410. The molecule has 0 aliphatic heterocycles. The minimum atomic E-state index is 0.435. The van der Waals surface area contributed by atoms with Crippen LogP contribution < -0.4 is 5.32 Å². The Morgan fingerprint density at radius 2 is 1.74 bits per heavy atom. The van der Waals surface area contributed by atoms with Crippen molar-refractivity contribution in [3.05, 3.63) is 28.8 Å². The second-order valence-corrected chi connectivity index (χ2v) is 6.24. The number of rotatable bonds is 5. The molecule has 0 aromatic heterocycles. The molecule has 0 amide bonds. The third kappa shape index (κ3) is 3.30. The lowest BCUT2D eigenvalue weighted by molar-refractivity contribution is 0.268. The molecule has 1 aliphatic rings. The first-order chi connectivity index (χ1) is 9.06. The van der Waals surface area contributed by atoms with Crippen molar-refractivity contribution in [1.29, 1.82) is 0 Å². The minimum absolute atomic E-state index is 0.435. The van der Waals surface area contributed by atoms with E-state index in [-0.39, 0.29) is 0 Å². The van der Waals surface area contributed by atoms with Gasteiger partial charge in [-0.15, -0.1) is 0 Å². The number of hydrogen-bond acceptors (Lipinski definition) is 2. The number of nitrogens with one attached hydrogen (secondary N) is 1. The van der Waals surface area contributed by atoms with Gasteiger partial charge in [-0.2, -0.15) is 0 Å². The van der Waals surface area contributed by atoms with Crippen LogP contribution in [0.2, 0.25) is 0 Å². The molecule has 1 fully saturated rings. The number of aryl methyl sites for hydroxylation is 2. The molecule has 1 aromatic rings. The SMILES string of the molecule is CCC1(CNCc2cc(C)c(O)c(C)c2)CCCC1. The Morgan fingerprint density at radius 3 is 2.26 bits per heavy atom. The predicted molar refractivity (Wildman–Crippen MR) is 80.5 cm³/mol. The number of benzene rings is 1. The summed E-state index contributed by atoms with van der Waals surface area (Å²) in [6, 6.07) is 4.17. The first-order valence-corrected chi connectivity index (χ1v) is 7.56. The van der Waals surface area contributed by atoms with Crippen molar-refractivity contribution in [3.8, 4) is 5.75 Å². The van der Waals surface area contributed by atoms with Crippen molar-refractivity contribution in [3.63, 3.8) is 0 Å². The molecule has 1 aromatic carbocycles. The van der Waals surface area contributed by atoms with E-state index in [0.717, 1.165) is 24.2 Å². The van der Waals surface area contributed by atoms with E-state index in [1.807, 2.05) is 13.8 Å². The van der Waals surface area contributed by atoms with Gasteiger partial charge in [0, 0.05) is 13.1 Å². The molecule has 0 radical (unpaired) electrons. The predicted octanol–water partition coefficient (Wildman–Crippen LogP) is 4.07.